The predicted molar refractivity (Wildman–Crippen MR) is 99.7 cm³/mol. The van der Waals surface area contributed by atoms with Crippen LogP contribution in [0.2, 0.25) is 0 Å². The summed E-state index contributed by atoms with van der Waals surface area (Å²) in [6, 6.07) is 9.16. The smallest absolute Gasteiger partial charge is 0.295 e. The molecule has 0 saturated carbocycles. The largest absolute Gasteiger partial charge is 0.494 e. The number of rotatable bonds is 7. The van der Waals surface area contributed by atoms with E-state index in [1.165, 1.54) is 17.6 Å². The number of likely N-dealkylation sites (N-methyl/N-ethyl adjacent to an activating group) is 1. The zero-order chi connectivity index (χ0) is 17.8. The number of carbonyl (C=O) groups excluding carboxylic acids is 1. The molecule has 132 valence electrons. The van der Waals surface area contributed by atoms with Crippen molar-refractivity contribution in [2.45, 2.75) is 6.92 Å². The summed E-state index contributed by atoms with van der Waals surface area (Å²) in [6.07, 6.45) is 1.50. The third kappa shape index (κ3) is 4.00. The Morgan fingerprint density at radius 3 is 2.80 bits per heavy atom. The van der Waals surface area contributed by atoms with E-state index in [1.807, 2.05) is 44.1 Å². The van der Waals surface area contributed by atoms with Gasteiger partial charge in [0.2, 0.25) is 0 Å². The van der Waals surface area contributed by atoms with Crippen LogP contribution < -0.4 is 9.64 Å². The van der Waals surface area contributed by atoms with Crippen molar-refractivity contribution in [1.29, 1.82) is 0 Å². The summed E-state index contributed by atoms with van der Waals surface area (Å²) in [5.41, 5.74) is 0.852. The number of amides is 1. The Morgan fingerprint density at radius 1 is 1.28 bits per heavy atom. The summed E-state index contributed by atoms with van der Waals surface area (Å²) >= 11 is 1.48. The molecule has 1 aromatic carbocycles. The second-order valence-corrected chi connectivity index (χ2v) is 6.81. The van der Waals surface area contributed by atoms with E-state index in [4.69, 9.17) is 9.15 Å². The number of ether oxygens (including phenoxy) is 1. The highest BCUT2D eigenvalue weighted by atomic mass is 32.1. The molecule has 2 heterocycles. The Bertz CT molecular complexity index is 843. The first kappa shape index (κ1) is 17.4. The lowest BCUT2D eigenvalue weighted by Crippen LogP contribution is -2.36. The highest BCUT2D eigenvalue weighted by Crippen LogP contribution is 2.32. The van der Waals surface area contributed by atoms with E-state index in [1.54, 1.807) is 17.0 Å². The fourth-order valence-electron chi connectivity index (χ4n) is 2.38. The minimum absolute atomic E-state index is 0.184. The van der Waals surface area contributed by atoms with E-state index in [0.717, 1.165) is 22.5 Å². The molecule has 1 amide bonds. The number of carbonyl (C=O) groups is 1. The van der Waals surface area contributed by atoms with Crippen LogP contribution in [0.4, 0.5) is 5.13 Å². The molecule has 0 aliphatic heterocycles. The number of fused-ring (bicyclic) bond motifs is 1. The summed E-state index contributed by atoms with van der Waals surface area (Å²) in [4.78, 5) is 21.2. The van der Waals surface area contributed by atoms with E-state index in [-0.39, 0.29) is 5.91 Å². The number of anilines is 1. The highest BCUT2D eigenvalue weighted by Gasteiger charge is 2.23. The lowest BCUT2D eigenvalue weighted by atomic mass is 10.3. The average molecular weight is 359 g/mol. The van der Waals surface area contributed by atoms with Crippen molar-refractivity contribution >= 4 is 32.6 Å². The molecule has 0 bridgehead atoms. The van der Waals surface area contributed by atoms with Crippen LogP contribution in [0.15, 0.2) is 41.0 Å². The normalized spacial score (nSPS) is 11.2. The molecule has 0 saturated heterocycles. The van der Waals surface area contributed by atoms with Gasteiger partial charge >= 0.3 is 0 Å². The summed E-state index contributed by atoms with van der Waals surface area (Å²) in [6.45, 7) is 3.83. The van der Waals surface area contributed by atoms with Crippen LogP contribution in [0.25, 0.3) is 10.2 Å². The number of hydrogen-bond acceptors (Lipinski definition) is 6. The number of nitrogens with zero attached hydrogens (tertiary/aromatic N) is 3. The van der Waals surface area contributed by atoms with Gasteiger partial charge in [-0.05, 0) is 51.4 Å². The number of hydrogen-bond donors (Lipinski definition) is 0. The molecule has 25 heavy (non-hydrogen) atoms. The standard InChI is InChI=1S/C18H21N3O3S/c1-4-23-13-7-8-14-16(12-13)25-18(19-14)21(10-9-20(2)3)17(22)15-6-5-11-24-15/h5-8,11-12H,4,9-10H2,1-3H3. The maximum absolute atomic E-state index is 12.8. The van der Waals surface area contributed by atoms with Gasteiger partial charge in [-0.25, -0.2) is 4.98 Å². The summed E-state index contributed by atoms with van der Waals surface area (Å²) in [5, 5.41) is 0.659. The maximum Gasteiger partial charge on any atom is 0.295 e. The predicted octanol–water partition coefficient (Wildman–Crippen LogP) is 3.50. The van der Waals surface area contributed by atoms with Crippen molar-refractivity contribution in [2.75, 3.05) is 38.7 Å². The SMILES string of the molecule is CCOc1ccc2nc(N(CCN(C)C)C(=O)c3ccco3)sc2c1. The Morgan fingerprint density at radius 2 is 2.12 bits per heavy atom. The Balaban J connectivity index is 1.94. The minimum atomic E-state index is -0.184. The fraction of sp³-hybridized carbons (Fsp3) is 0.333. The summed E-state index contributed by atoms with van der Waals surface area (Å²) in [7, 11) is 3.95. The van der Waals surface area contributed by atoms with E-state index >= 15 is 0 Å². The molecule has 0 radical (unpaired) electrons. The van der Waals surface area contributed by atoms with Gasteiger partial charge in [-0.15, -0.1) is 0 Å². The van der Waals surface area contributed by atoms with Crippen LogP contribution in [0.5, 0.6) is 5.75 Å². The van der Waals surface area contributed by atoms with Gasteiger partial charge in [0.05, 0.1) is 23.1 Å². The molecule has 6 nitrogen and oxygen atoms in total. The Hall–Kier alpha value is -2.38. The van der Waals surface area contributed by atoms with Gasteiger partial charge in [0, 0.05) is 13.1 Å². The molecular formula is C18H21N3O3S. The highest BCUT2D eigenvalue weighted by molar-refractivity contribution is 7.22. The molecule has 7 heteroatoms. The molecule has 0 unspecified atom stereocenters. The van der Waals surface area contributed by atoms with Crippen molar-refractivity contribution < 1.29 is 13.9 Å². The quantitative estimate of drug-likeness (QED) is 0.646. The van der Waals surface area contributed by atoms with Gasteiger partial charge < -0.3 is 14.1 Å². The average Bonchev–Trinajstić information content (AvgIpc) is 3.24. The van der Waals surface area contributed by atoms with Gasteiger partial charge in [-0.3, -0.25) is 9.69 Å². The van der Waals surface area contributed by atoms with E-state index in [2.05, 4.69) is 4.98 Å². The second kappa shape index (κ2) is 7.67. The maximum atomic E-state index is 12.8. The Kier molecular flexibility index (Phi) is 5.35. The zero-order valence-corrected chi connectivity index (χ0v) is 15.4. The molecule has 0 aliphatic rings. The Labute approximate surface area is 150 Å². The molecular weight excluding hydrogens is 338 g/mol. The van der Waals surface area contributed by atoms with E-state index in [9.17, 15) is 4.79 Å². The van der Waals surface area contributed by atoms with Crippen LogP contribution in [0, 0.1) is 0 Å². The summed E-state index contributed by atoms with van der Waals surface area (Å²) < 4.78 is 11.8. The molecule has 3 rings (SSSR count). The van der Waals surface area contributed by atoms with Gasteiger partial charge in [-0.1, -0.05) is 11.3 Å². The van der Waals surface area contributed by atoms with Crippen molar-refractivity contribution in [3.05, 3.63) is 42.4 Å². The summed E-state index contributed by atoms with van der Waals surface area (Å²) in [5.74, 6) is 0.936. The molecule has 0 N–H and O–H groups in total. The minimum Gasteiger partial charge on any atom is -0.494 e. The molecule has 2 aromatic heterocycles. The second-order valence-electron chi connectivity index (χ2n) is 5.80. The molecule has 0 spiro atoms. The molecule has 0 fully saturated rings. The van der Waals surface area contributed by atoms with Crippen LogP contribution in [-0.4, -0.2) is 49.6 Å². The van der Waals surface area contributed by atoms with Crippen LogP contribution in [0.1, 0.15) is 17.5 Å². The third-order valence-electron chi connectivity index (χ3n) is 3.64. The first-order valence-corrected chi connectivity index (χ1v) is 8.93. The monoisotopic (exact) mass is 359 g/mol. The van der Waals surface area contributed by atoms with Crippen LogP contribution in [0.3, 0.4) is 0 Å². The van der Waals surface area contributed by atoms with Crippen molar-refractivity contribution in [3.8, 4) is 5.75 Å². The van der Waals surface area contributed by atoms with Gasteiger partial charge in [-0.2, -0.15) is 0 Å². The number of thiazole rings is 1. The fourth-order valence-corrected chi connectivity index (χ4v) is 3.40. The van der Waals surface area contributed by atoms with Crippen molar-refractivity contribution in [2.24, 2.45) is 0 Å². The van der Waals surface area contributed by atoms with Crippen LogP contribution >= 0.6 is 11.3 Å². The third-order valence-corrected chi connectivity index (χ3v) is 4.68. The van der Waals surface area contributed by atoms with Crippen molar-refractivity contribution in [1.82, 2.24) is 9.88 Å². The number of aromatic nitrogens is 1. The van der Waals surface area contributed by atoms with Crippen LogP contribution in [-0.2, 0) is 0 Å². The zero-order valence-electron chi connectivity index (χ0n) is 14.6. The first-order valence-electron chi connectivity index (χ1n) is 8.12. The first-order chi connectivity index (χ1) is 12.1. The van der Waals surface area contributed by atoms with Gasteiger partial charge in [0.15, 0.2) is 10.9 Å². The van der Waals surface area contributed by atoms with E-state index < -0.39 is 0 Å². The lowest BCUT2D eigenvalue weighted by molar-refractivity contribution is 0.0958. The molecule has 0 aliphatic carbocycles. The number of furan rings is 1. The van der Waals surface area contributed by atoms with Gasteiger partial charge in [0.25, 0.3) is 5.91 Å². The lowest BCUT2D eigenvalue weighted by Gasteiger charge is -2.20. The van der Waals surface area contributed by atoms with E-state index in [0.29, 0.717) is 24.0 Å². The molecule has 0 atom stereocenters. The van der Waals surface area contributed by atoms with Crippen molar-refractivity contribution in [3.63, 3.8) is 0 Å². The topological polar surface area (TPSA) is 58.8 Å². The number of benzene rings is 1. The molecule has 3 aromatic rings. The van der Waals surface area contributed by atoms with Gasteiger partial charge in [0.1, 0.15) is 5.75 Å².